The number of aliphatic hydroxyl groups excluding tert-OH is 1. The first-order valence-electron chi connectivity index (χ1n) is 5.89. The number of hydrogen-bond acceptors (Lipinski definition) is 4. The largest absolute Gasteiger partial charge is 0.394 e. The third kappa shape index (κ3) is 1.87. The molecule has 1 aromatic heterocycles. The van der Waals surface area contributed by atoms with Gasteiger partial charge in [-0.1, -0.05) is 0 Å². The lowest BCUT2D eigenvalue weighted by Crippen LogP contribution is -2.37. The fourth-order valence-electron chi connectivity index (χ4n) is 2.21. The fraction of sp³-hybridized carbons (Fsp3) is 0.727. The highest BCUT2D eigenvalue weighted by molar-refractivity contribution is 5.66. The quantitative estimate of drug-likeness (QED) is 0.778. The molecular formula is C11H20N4O. The molecule has 1 aliphatic rings. The van der Waals surface area contributed by atoms with Crippen molar-refractivity contribution in [1.82, 2.24) is 9.78 Å². The summed E-state index contributed by atoms with van der Waals surface area (Å²) in [7, 11) is 0. The molecule has 0 amide bonds. The summed E-state index contributed by atoms with van der Waals surface area (Å²) in [5, 5.41) is 13.9. The molecule has 0 saturated carbocycles. The van der Waals surface area contributed by atoms with Crippen LogP contribution in [0.1, 0.15) is 25.5 Å². The van der Waals surface area contributed by atoms with E-state index in [0.29, 0.717) is 0 Å². The van der Waals surface area contributed by atoms with E-state index in [9.17, 15) is 5.11 Å². The van der Waals surface area contributed by atoms with Crippen LogP contribution in [0, 0.1) is 6.92 Å². The van der Waals surface area contributed by atoms with Gasteiger partial charge in [-0.05, 0) is 26.7 Å². The maximum atomic E-state index is 9.49. The van der Waals surface area contributed by atoms with Crippen molar-refractivity contribution in [3.63, 3.8) is 0 Å². The van der Waals surface area contributed by atoms with E-state index in [0.717, 1.165) is 49.7 Å². The Balaban J connectivity index is 2.25. The van der Waals surface area contributed by atoms with Crippen LogP contribution >= 0.6 is 0 Å². The van der Waals surface area contributed by atoms with Crippen LogP contribution in [0.2, 0.25) is 0 Å². The summed E-state index contributed by atoms with van der Waals surface area (Å²) >= 11 is 0. The number of anilines is 2. The van der Waals surface area contributed by atoms with Gasteiger partial charge in [0, 0.05) is 19.6 Å². The summed E-state index contributed by atoms with van der Waals surface area (Å²) < 4.78 is 1.95. The second-order valence-corrected chi connectivity index (χ2v) is 4.36. The van der Waals surface area contributed by atoms with Crippen molar-refractivity contribution in [2.45, 2.75) is 39.3 Å². The van der Waals surface area contributed by atoms with E-state index in [2.05, 4.69) is 16.9 Å². The molecule has 0 bridgehead atoms. The number of aromatic nitrogens is 2. The minimum atomic E-state index is -0.156. The number of rotatable bonds is 2. The Morgan fingerprint density at radius 2 is 2.06 bits per heavy atom. The van der Waals surface area contributed by atoms with Crippen LogP contribution in [0.5, 0.6) is 0 Å². The van der Waals surface area contributed by atoms with E-state index in [4.69, 9.17) is 5.73 Å². The summed E-state index contributed by atoms with van der Waals surface area (Å²) in [5.41, 5.74) is 7.72. The summed E-state index contributed by atoms with van der Waals surface area (Å²) in [4.78, 5) is 2.23. The van der Waals surface area contributed by atoms with E-state index in [1.165, 1.54) is 0 Å². The summed E-state index contributed by atoms with van der Waals surface area (Å²) in [5.74, 6) is 1.02. The number of nitrogens with zero attached hydrogens (tertiary/aromatic N) is 3. The molecule has 1 aromatic rings. The number of hydrogen-bond donors (Lipinski definition) is 2. The van der Waals surface area contributed by atoms with E-state index in [1.807, 2.05) is 11.6 Å². The highest BCUT2D eigenvalue weighted by Crippen LogP contribution is 2.28. The molecule has 2 heterocycles. The van der Waals surface area contributed by atoms with Crippen molar-refractivity contribution in [2.75, 3.05) is 23.7 Å². The van der Waals surface area contributed by atoms with Crippen LogP contribution in [-0.4, -0.2) is 34.1 Å². The topological polar surface area (TPSA) is 67.3 Å². The van der Waals surface area contributed by atoms with E-state index < -0.39 is 0 Å². The second-order valence-electron chi connectivity index (χ2n) is 4.36. The Morgan fingerprint density at radius 1 is 1.44 bits per heavy atom. The molecule has 5 heteroatoms. The van der Waals surface area contributed by atoms with Gasteiger partial charge in [-0.3, -0.25) is 0 Å². The van der Waals surface area contributed by atoms with Crippen molar-refractivity contribution in [1.29, 1.82) is 0 Å². The maximum absolute atomic E-state index is 9.49. The van der Waals surface area contributed by atoms with Gasteiger partial charge in [-0.25, -0.2) is 4.68 Å². The van der Waals surface area contributed by atoms with Gasteiger partial charge in [0.25, 0.3) is 0 Å². The Bertz CT molecular complexity index is 366. The van der Waals surface area contributed by atoms with Crippen molar-refractivity contribution < 1.29 is 5.11 Å². The molecule has 3 N–H and O–H groups in total. The Kier molecular flexibility index (Phi) is 3.05. The molecule has 16 heavy (non-hydrogen) atoms. The van der Waals surface area contributed by atoms with Gasteiger partial charge < -0.3 is 15.7 Å². The molecule has 5 nitrogen and oxygen atoms in total. The molecule has 0 aliphatic carbocycles. The fourth-order valence-corrected chi connectivity index (χ4v) is 2.21. The zero-order valence-electron chi connectivity index (χ0n) is 9.98. The first-order chi connectivity index (χ1) is 7.63. The Hall–Kier alpha value is -1.23. The van der Waals surface area contributed by atoms with Gasteiger partial charge in [0.05, 0.1) is 17.5 Å². The number of aliphatic hydroxyl groups is 1. The molecule has 1 aliphatic heterocycles. The number of nitrogen functional groups attached to an aromatic ring is 1. The zero-order valence-corrected chi connectivity index (χ0v) is 9.98. The molecule has 0 aromatic carbocycles. The van der Waals surface area contributed by atoms with Gasteiger partial charge >= 0.3 is 0 Å². The van der Waals surface area contributed by atoms with Crippen LogP contribution in [0.25, 0.3) is 0 Å². The SMILES string of the molecule is CCn1nc(C)c(N)c1N1CCC(O)CC1. The van der Waals surface area contributed by atoms with Crippen LogP contribution in [0.3, 0.4) is 0 Å². The van der Waals surface area contributed by atoms with Gasteiger partial charge in [-0.2, -0.15) is 5.10 Å². The normalized spacial score (nSPS) is 18.1. The number of piperidine rings is 1. The molecule has 0 spiro atoms. The first-order valence-corrected chi connectivity index (χ1v) is 5.89. The zero-order chi connectivity index (χ0) is 11.7. The second kappa shape index (κ2) is 4.33. The van der Waals surface area contributed by atoms with Crippen LogP contribution in [0.15, 0.2) is 0 Å². The number of aryl methyl sites for hydroxylation is 2. The van der Waals surface area contributed by atoms with Crippen LogP contribution in [-0.2, 0) is 6.54 Å². The highest BCUT2D eigenvalue weighted by atomic mass is 16.3. The number of nitrogens with two attached hydrogens (primary N) is 1. The van der Waals surface area contributed by atoms with Gasteiger partial charge in [0.15, 0.2) is 5.82 Å². The lowest BCUT2D eigenvalue weighted by atomic mass is 10.1. The molecular weight excluding hydrogens is 204 g/mol. The molecule has 0 unspecified atom stereocenters. The maximum Gasteiger partial charge on any atom is 0.150 e. The monoisotopic (exact) mass is 224 g/mol. The predicted molar refractivity (Wildman–Crippen MR) is 64.5 cm³/mol. The smallest absolute Gasteiger partial charge is 0.150 e. The molecule has 2 rings (SSSR count). The van der Waals surface area contributed by atoms with E-state index in [1.54, 1.807) is 0 Å². The summed E-state index contributed by atoms with van der Waals surface area (Å²) in [6, 6.07) is 0. The molecule has 0 radical (unpaired) electrons. The van der Waals surface area contributed by atoms with Crippen LogP contribution < -0.4 is 10.6 Å². The van der Waals surface area contributed by atoms with Crippen molar-refractivity contribution in [2.24, 2.45) is 0 Å². The lowest BCUT2D eigenvalue weighted by molar-refractivity contribution is 0.145. The molecule has 90 valence electrons. The predicted octanol–water partition coefficient (Wildman–Crippen LogP) is 0.755. The highest BCUT2D eigenvalue weighted by Gasteiger charge is 2.23. The molecule has 1 fully saturated rings. The Labute approximate surface area is 95.8 Å². The van der Waals surface area contributed by atoms with E-state index >= 15 is 0 Å². The average Bonchev–Trinajstić information content (AvgIpc) is 2.57. The van der Waals surface area contributed by atoms with Crippen molar-refractivity contribution >= 4 is 11.5 Å². The standard InChI is InChI=1S/C11H20N4O/c1-3-15-11(10(12)8(2)13-15)14-6-4-9(16)5-7-14/h9,16H,3-7,12H2,1-2H3. The van der Waals surface area contributed by atoms with Crippen molar-refractivity contribution in [3.8, 4) is 0 Å². The minimum absolute atomic E-state index is 0.156. The van der Waals surface area contributed by atoms with Gasteiger partial charge in [-0.15, -0.1) is 0 Å². The third-order valence-corrected chi connectivity index (χ3v) is 3.21. The minimum Gasteiger partial charge on any atom is -0.394 e. The third-order valence-electron chi connectivity index (χ3n) is 3.21. The van der Waals surface area contributed by atoms with Gasteiger partial charge in [0.1, 0.15) is 0 Å². The first kappa shape index (κ1) is 11.3. The summed E-state index contributed by atoms with van der Waals surface area (Å²) in [6.45, 7) is 6.54. The molecule has 1 saturated heterocycles. The molecule has 0 atom stereocenters. The van der Waals surface area contributed by atoms with Gasteiger partial charge in [0.2, 0.25) is 0 Å². The average molecular weight is 224 g/mol. The summed E-state index contributed by atoms with van der Waals surface area (Å²) in [6.07, 6.45) is 1.47. The lowest BCUT2D eigenvalue weighted by Gasteiger charge is -2.31. The Morgan fingerprint density at radius 3 is 2.62 bits per heavy atom. The van der Waals surface area contributed by atoms with Crippen LogP contribution in [0.4, 0.5) is 11.5 Å². The van der Waals surface area contributed by atoms with Crippen molar-refractivity contribution in [3.05, 3.63) is 5.69 Å². The van der Waals surface area contributed by atoms with E-state index in [-0.39, 0.29) is 6.10 Å².